The van der Waals surface area contributed by atoms with E-state index >= 15 is 0 Å². The number of fused-ring (bicyclic) bond motifs is 1. The molecule has 0 bridgehead atoms. The van der Waals surface area contributed by atoms with Gasteiger partial charge in [0.1, 0.15) is 0 Å². The molecule has 1 aromatic rings. The summed E-state index contributed by atoms with van der Waals surface area (Å²) in [6.45, 7) is 4.09. The molecule has 24 heavy (non-hydrogen) atoms. The third kappa shape index (κ3) is 3.45. The van der Waals surface area contributed by atoms with Gasteiger partial charge in [0.2, 0.25) is 0 Å². The van der Waals surface area contributed by atoms with Crippen LogP contribution in [0.4, 0.5) is 4.79 Å². The summed E-state index contributed by atoms with van der Waals surface area (Å²) >= 11 is 0. The van der Waals surface area contributed by atoms with Crippen LogP contribution in [0.1, 0.15) is 44.6 Å². The normalized spacial score (nSPS) is 20.9. The molecule has 1 N–H and O–H groups in total. The summed E-state index contributed by atoms with van der Waals surface area (Å²) in [5, 5.41) is 3.10. The van der Waals surface area contributed by atoms with E-state index in [1.54, 1.807) is 0 Å². The molecule has 0 aromatic heterocycles. The Kier molecular flexibility index (Phi) is 4.25. The van der Waals surface area contributed by atoms with E-state index in [0.29, 0.717) is 37.8 Å². The van der Waals surface area contributed by atoms with Gasteiger partial charge in [-0.25, -0.2) is 4.79 Å². The van der Waals surface area contributed by atoms with E-state index in [1.165, 1.54) is 12.8 Å². The van der Waals surface area contributed by atoms with Gasteiger partial charge in [-0.2, -0.15) is 0 Å². The Bertz CT molecular complexity index is 611. The van der Waals surface area contributed by atoms with Crippen molar-refractivity contribution in [1.82, 2.24) is 10.2 Å². The van der Waals surface area contributed by atoms with Gasteiger partial charge < -0.3 is 19.7 Å². The lowest BCUT2D eigenvalue weighted by Crippen LogP contribution is -2.47. The van der Waals surface area contributed by atoms with Gasteiger partial charge in [0.05, 0.1) is 13.2 Å². The third-order valence-electron chi connectivity index (χ3n) is 5.17. The molecule has 5 heteroatoms. The zero-order valence-electron chi connectivity index (χ0n) is 14.3. The molecule has 130 valence electrons. The molecule has 2 saturated carbocycles. The maximum Gasteiger partial charge on any atom is 0.318 e. The zero-order valence-corrected chi connectivity index (χ0v) is 14.3. The molecule has 5 nitrogen and oxygen atoms in total. The predicted molar refractivity (Wildman–Crippen MR) is 91.3 cm³/mol. The second kappa shape index (κ2) is 6.54. The molecule has 3 aliphatic rings. The number of hydrogen-bond acceptors (Lipinski definition) is 3. The monoisotopic (exact) mass is 330 g/mol. The van der Waals surface area contributed by atoms with Gasteiger partial charge in [0, 0.05) is 25.0 Å². The van der Waals surface area contributed by atoms with E-state index in [0.717, 1.165) is 36.3 Å². The summed E-state index contributed by atoms with van der Waals surface area (Å²) in [5.41, 5.74) is 1.04. The fourth-order valence-electron chi connectivity index (χ4n) is 3.43. The Balaban J connectivity index is 1.38. The minimum absolute atomic E-state index is 0.0732. The second-order valence-electron chi connectivity index (χ2n) is 7.21. The molecular formula is C19H26N2O3. The second-order valence-corrected chi connectivity index (χ2v) is 7.21. The number of ether oxygens (including phenoxy) is 2. The average molecular weight is 330 g/mol. The number of nitrogens with one attached hydrogen (secondary N) is 1. The van der Waals surface area contributed by atoms with Crippen LogP contribution < -0.4 is 14.8 Å². The fourth-order valence-corrected chi connectivity index (χ4v) is 3.43. The van der Waals surface area contributed by atoms with E-state index in [2.05, 4.69) is 17.1 Å². The summed E-state index contributed by atoms with van der Waals surface area (Å²) in [6, 6.07) is 6.80. The number of carbonyl (C=O) groups is 1. The summed E-state index contributed by atoms with van der Waals surface area (Å²) in [7, 11) is 0. The minimum atomic E-state index is 0.0732. The van der Waals surface area contributed by atoms with Crippen molar-refractivity contribution in [1.29, 1.82) is 0 Å². The van der Waals surface area contributed by atoms with Gasteiger partial charge in [-0.1, -0.05) is 6.07 Å². The first-order chi connectivity index (χ1) is 11.7. The first kappa shape index (κ1) is 15.6. The van der Waals surface area contributed by atoms with Crippen molar-refractivity contribution in [3.8, 4) is 11.5 Å². The highest BCUT2D eigenvalue weighted by Crippen LogP contribution is 2.39. The highest BCUT2D eigenvalue weighted by Gasteiger charge is 2.41. The first-order valence-corrected chi connectivity index (χ1v) is 9.17. The Morgan fingerprint density at radius 1 is 1.21 bits per heavy atom. The smallest absolute Gasteiger partial charge is 0.318 e. The molecular weight excluding hydrogens is 304 g/mol. The average Bonchev–Trinajstić information content (AvgIpc) is 3.46. The van der Waals surface area contributed by atoms with Crippen molar-refractivity contribution in [3.63, 3.8) is 0 Å². The van der Waals surface area contributed by atoms with E-state index in [9.17, 15) is 4.79 Å². The van der Waals surface area contributed by atoms with Crippen molar-refractivity contribution in [3.05, 3.63) is 23.8 Å². The van der Waals surface area contributed by atoms with Gasteiger partial charge in [0.25, 0.3) is 0 Å². The Labute approximate surface area is 143 Å². The number of hydrogen-bond donors (Lipinski definition) is 1. The number of rotatable bonds is 5. The van der Waals surface area contributed by atoms with Crippen LogP contribution in [0.15, 0.2) is 18.2 Å². The number of nitrogens with zero attached hydrogens (tertiary/aromatic N) is 1. The minimum Gasteiger partial charge on any atom is -0.490 e. The summed E-state index contributed by atoms with van der Waals surface area (Å²) in [5.74, 6) is 2.28. The van der Waals surface area contributed by atoms with Crippen LogP contribution in [0, 0.1) is 5.92 Å². The van der Waals surface area contributed by atoms with Crippen molar-refractivity contribution in [2.75, 3.05) is 13.2 Å². The van der Waals surface area contributed by atoms with Gasteiger partial charge in [-0.15, -0.1) is 0 Å². The topological polar surface area (TPSA) is 50.8 Å². The molecule has 0 saturated heterocycles. The predicted octanol–water partition coefficient (Wildman–Crippen LogP) is 3.32. The van der Waals surface area contributed by atoms with E-state index in [-0.39, 0.29) is 6.03 Å². The zero-order chi connectivity index (χ0) is 16.5. The van der Waals surface area contributed by atoms with Crippen LogP contribution >= 0.6 is 0 Å². The Hall–Kier alpha value is -1.91. The van der Waals surface area contributed by atoms with Gasteiger partial charge >= 0.3 is 6.03 Å². The summed E-state index contributed by atoms with van der Waals surface area (Å²) < 4.78 is 11.4. The maximum absolute atomic E-state index is 12.7. The first-order valence-electron chi connectivity index (χ1n) is 9.17. The van der Waals surface area contributed by atoms with Crippen LogP contribution in [-0.2, 0) is 6.54 Å². The Morgan fingerprint density at radius 2 is 1.96 bits per heavy atom. The van der Waals surface area contributed by atoms with Crippen LogP contribution in [-0.4, -0.2) is 36.2 Å². The maximum atomic E-state index is 12.7. The number of amides is 2. The molecule has 2 aliphatic carbocycles. The molecule has 0 unspecified atom stereocenters. The Morgan fingerprint density at radius 3 is 2.67 bits per heavy atom. The van der Waals surface area contributed by atoms with Crippen molar-refractivity contribution in [2.24, 2.45) is 5.92 Å². The standard InChI is InChI=1S/C19H26N2O3/c1-13(15-4-5-15)21(16-6-7-16)19(22)20-12-14-3-8-17-18(11-14)24-10-2-9-23-17/h3,8,11,13,15-16H,2,4-7,9-10,12H2,1H3,(H,20,22)/t13-/m1/s1. The van der Waals surface area contributed by atoms with Gasteiger partial charge in [-0.3, -0.25) is 0 Å². The largest absolute Gasteiger partial charge is 0.490 e. The number of urea groups is 1. The van der Waals surface area contributed by atoms with Crippen LogP contribution in [0.3, 0.4) is 0 Å². The van der Waals surface area contributed by atoms with Crippen molar-refractivity contribution in [2.45, 2.75) is 57.7 Å². The lowest BCUT2D eigenvalue weighted by atomic mass is 10.2. The quantitative estimate of drug-likeness (QED) is 0.901. The third-order valence-corrected chi connectivity index (χ3v) is 5.17. The number of carbonyl (C=O) groups excluding carboxylic acids is 1. The van der Waals surface area contributed by atoms with Crippen LogP contribution in [0.25, 0.3) is 0 Å². The van der Waals surface area contributed by atoms with E-state index < -0.39 is 0 Å². The van der Waals surface area contributed by atoms with Crippen LogP contribution in [0.5, 0.6) is 11.5 Å². The molecule has 0 radical (unpaired) electrons. The summed E-state index contributed by atoms with van der Waals surface area (Å²) in [4.78, 5) is 14.8. The highest BCUT2D eigenvalue weighted by atomic mass is 16.5. The number of benzene rings is 1. The molecule has 1 atom stereocenters. The molecule has 1 aromatic carbocycles. The van der Waals surface area contributed by atoms with Crippen molar-refractivity contribution >= 4 is 6.03 Å². The lowest BCUT2D eigenvalue weighted by molar-refractivity contribution is 0.166. The molecule has 0 spiro atoms. The molecule has 1 heterocycles. The molecule has 2 fully saturated rings. The van der Waals surface area contributed by atoms with Crippen LogP contribution in [0.2, 0.25) is 0 Å². The highest BCUT2D eigenvalue weighted by molar-refractivity contribution is 5.75. The van der Waals surface area contributed by atoms with Gasteiger partial charge in [-0.05, 0) is 56.2 Å². The van der Waals surface area contributed by atoms with Crippen molar-refractivity contribution < 1.29 is 14.3 Å². The SMILES string of the molecule is C[C@H](C1CC1)N(C(=O)NCc1ccc2c(c1)OCCCO2)C1CC1. The molecule has 2 amide bonds. The summed E-state index contributed by atoms with van der Waals surface area (Å²) in [6.07, 6.45) is 5.72. The molecule has 4 rings (SSSR count). The lowest BCUT2D eigenvalue weighted by Gasteiger charge is -2.29. The van der Waals surface area contributed by atoms with E-state index in [4.69, 9.17) is 9.47 Å². The van der Waals surface area contributed by atoms with E-state index in [1.807, 2.05) is 18.2 Å². The molecule has 1 aliphatic heterocycles. The fraction of sp³-hybridized carbons (Fsp3) is 0.632. The van der Waals surface area contributed by atoms with Gasteiger partial charge in [0.15, 0.2) is 11.5 Å².